The number of hydrogen-bond acceptors (Lipinski definition) is 3. The van der Waals surface area contributed by atoms with Crippen molar-refractivity contribution >= 4 is 0 Å². The van der Waals surface area contributed by atoms with E-state index in [0.717, 1.165) is 4.68 Å². The highest BCUT2D eigenvalue weighted by Crippen LogP contribution is 2.46. The molecule has 0 aromatic carbocycles. The zero-order chi connectivity index (χ0) is 16.0. The number of aliphatic hydroxyl groups excluding tert-OH is 2. The van der Waals surface area contributed by atoms with Crippen LogP contribution in [0.2, 0.25) is 0 Å². The number of aromatic nitrogens is 2. The van der Waals surface area contributed by atoms with Crippen LogP contribution in [0.5, 0.6) is 0 Å². The summed E-state index contributed by atoms with van der Waals surface area (Å²) in [5.74, 6) is -3.61. The summed E-state index contributed by atoms with van der Waals surface area (Å²) in [6.45, 7) is 1.43. The lowest BCUT2D eigenvalue weighted by atomic mass is 9.89. The van der Waals surface area contributed by atoms with Crippen molar-refractivity contribution in [3.8, 4) is 0 Å². The van der Waals surface area contributed by atoms with Gasteiger partial charge in [0.25, 0.3) is 5.92 Å². The van der Waals surface area contributed by atoms with Crippen LogP contribution in [0.15, 0.2) is 0 Å². The Bertz CT molecular complexity index is 524. The normalized spacial score (nSPS) is 23.0. The minimum atomic E-state index is -4.92. The molecule has 2 rings (SSSR count). The number of nitrogens with zero attached hydrogens (tertiary/aromatic N) is 2. The van der Waals surface area contributed by atoms with Crippen LogP contribution in [0.3, 0.4) is 0 Å². The van der Waals surface area contributed by atoms with E-state index in [1.165, 1.54) is 6.92 Å². The molecule has 1 heterocycles. The van der Waals surface area contributed by atoms with E-state index in [4.69, 9.17) is 0 Å². The minimum absolute atomic E-state index is 0.0334. The van der Waals surface area contributed by atoms with Gasteiger partial charge in [-0.1, -0.05) is 0 Å². The summed E-state index contributed by atoms with van der Waals surface area (Å²) in [7, 11) is 0. The number of halogens is 5. The SMILES string of the molecule is CC(O)CCn1nc(C(F)(F)F)c2c1CCC(F)(F)[C@H]2O. The predicted octanol–water partition coefficient (Wildman–Crippen LogP) is 2.29. The summed E-state index contributed by atoms with van der Waals surface area (Å²) >= 11 is 0. The molecule has 0 radical (unpaired) electrons. The van der Waals surface area contributed by atoms with Gasteiger partial charge in [-0.3, -0.25) is 4.68 Å². The summed E-state index contributed by atoms with van der Waals surface area (Å²) < 4.78 is 66.7. The second kappa shape index (κ2) is 5.20. The quantitative estimate of drug-likeness (QED) is 0.842. The smallest absolute Gasteiger partial charge is 0.393 e. The Morgan fingerprint density at radius 2 is 2.05 bits per heavy atom. The van der Waals surface area contributed by atoms with Gasteiger partial charge in [-0.2, -0.15) is 18.3 Å². The number of aliphatic hydroxyl groups is 2. The number of hydrogen-bond donors (Lipinski definition) is 2. The van der Waals surface area contributed by atoms with Crippen molar-refractivity contribution in [2.75, 3.05) is 0 Å². The van der Waals surface area contributed by atoms with E-state index in [1.807, 2.05) is 0 Å². The minimum Gasteiger partial charge on any atom is -0.393 e. The maximum Gasteiger partial charge on any atom is 0.435 e. The lowest BCUT2D eigenvalue weighted by molar-refractivity contribution is -0.150. The average Bonchev–Trinajstić information content (AvgIpc) is 2.70. The van der Waals surface area contributed by atoms with Crippen LogP contribution in [0.1, 0.15) is 42.8 Å². The standard InChI is InChI=1S/C12H15F5N2O2/c1-6(20)3-5-19-7-2-4-11(13,14)10(21)8(7)9(18-19)12(15,16)17/h6,10,20-21H,2-5H2,1H3/t6?,10-/m0/s1. The summed E-state index contributed by atoms with van der Waals surface area (Å²) in [6, 6.07) is 0. The van der Waals surface area contributed by atoms with Crippen molar-refractivity contribution in [3.05, 3.63) is 17.0 Å². The van der Waals surface area contributed by atoms with Gasteiger partial charge in [-0.15, -0.1) is 0 Å². The fraction of sp³-hybridized carbons (Fsp3) is 0.750. The average molecular weight is 314 g/mol. The zero-order valence-corrected chi connectivity index (χ0v) is 11.2. The molecule has 0 bridgehead atoms. The Hall–Kier alpha value is -1.22. The molecule has 0 aliphatic heterocycles. The van der Waals surface area contributed by atoms with Crippen molar-refractivity contribution in [1.29, 1.82) is 0 Å². The van der Waals surface area contributed by atoms with Gasteiger partial charge in [0, 0.05) is 24.2 Å². The van der Waals surface area contributed by atoms with Crippen LogP contribution in [0.4, 0.5) is 22.0 Å². The first-order valence-electron chi connectivity index (χ1n) is 6.44. The van der Waals surface area contributed by atoms with E-state index in [2.05, 4.69) is 5.10 Å². The predicted molar refractivity (Wildman–Crippen MR) is 61.8 cm³/mol. The topological polar surface area (TPSA) is 58.3 Å². The Morgan fingerprint density at radius 3 is 2.57 bits per heavy atom. The van der Waals surface area contributed by atoms with Crippen molar-refractivity contribution in [1.82, 2.24) is 9.78 Å². The van der Waals surface area contributed by atoms with Gasteiger partial charge in [-0.25, -0.2) is 8.78 Å². The van der Waals surface area contributed by atoms with Crippen molar-refractivity contribution in [2.24, 2.45) is 0 Å². The van der Waals surface area contributed by atoms with Crippen LogP contribution >= 0.6 is 0 Å². The van der Waals surface area contributed by atoms with Gasteiger partial charge >= 0.3 is 6.18 Å². The third-order valence-electron chi connectivity index (χ3n) is 3.49. The first-order chi connectivity index (χ1) is 9.54. The van der Waals surface area contributed by atoms with Crippen molar-refractivity contribution in [2.45, 2.75) is 57.0 Å². The van der Waals surface area contributed by atoms with Gasteiger partial charge in [0.1, 0.15) is 6.10 Å². The van der Waals surface area contributed by atoms with E-state index in [0.29, 0.717) is 0 Å². The number of fused-ring (bicyclic) bond motifs is 1. The lowest BCUT2D eigenvalue weighted by Crippen LogP contribution is -2.33. The third kappa shape index (κ3) is 3.03. The maximum atomic E-state index is 13.5. The Morgan fingerprint density at radius 1 is 1.43 bits per heavy atom. The molecule has 21 heavy (non-hydrogen) atoms. The highest BCUT2D eigenvalue weighted by atomic mass is 19.4. The highest BCUT2D eigenvalue weighted by molar-refractivity contribution is 5.35. The molecule has 1 unspecified atom stereocenters. The molecule has 1 aliphatic carbocycles. The van der Waals surface area contributed by atoms with Crippen LogP contribution in [-0.2, 0) is 19.1 Å². The highest BCUT2D eigenvalue weighted by Gasteiger charge is 2.51. The number of alkyl halides is 5. The van der Waals surface area contributed by atoms with Crippen LogP contribution < -0.4 is 0 Å². The molecule has 0 fully saturated rings. The van der Waals surface area contributed by atoms with E-state index >= 15 is 0 Å². The molecule has 1 aromatic rings. The zero-order valence-electron chi connectivity index (χ0n) is 11.2. The molecule has 4 nitrogen and oxygen atoms in total. The van der Waals surface area contributed by atoms with Gasteiger partial charge < -0.3 is 10.2 Å². The molecule has 1 aliphatic rings. The van der Waals surface area contributed by atoms with E-state index in [9.17, 15) is 32.2 Å². The second-order valence-corrected chi connectivity index (χ2v) is 5.23. The second-order valence-electron chi connectivity index (χ2n) is 5.23. The van der Waals surface area contributed by atoms with Crippen molar-refractivity contribution in [3.63, 3.8) is 0 Å². The van der Waals surface area contributed by atoms with Gasteiger partial charge in [0.15, 0.2) is 5.69 Å². The van der Waals surface area contributed by atoms with E-state index in [-0.39, 0.29) is 25.1 Å². The molecule has 0 saturated carbocycles. The van der Waals surface area contributed by atoms with Gasteiger partial charge in [-0.05, 0) is 19.8 Å². The molecule has 2 N–H and O–H groups in total. The maximum absolute atomic E-state index is 13.5. The lowest BCUT2D eigenvalue weighted by Gasteiger charge is -2.28. The van der Waals surface area contributed by atoms with E-state index in [1.54, 1.807) is 0 Å². The monoisotopic (exact) mass is 314 g/mol. The van der Waals surface area contributed by atoms with Crippen LogP contribution in [0.25, 0.3) is 0 Å². The number of aryl methyl sites for hydroxylation is 1. The third-order valence-corrected chi connectivity index (χ3v) is 3.49. The molecule has 0 amide bonds. The Kier molecular flexibility index (Phi) is 4.00. The number of rotatable bonds is 3. The first kappa shape index (κ1) is 16.2. The summed E-state index contributed by atoms with van der Waals surface area (Å²) in [5.41, 5.74) is -2.36. The van der Waals surface area contributed by atoms with Gasteiger partial charge in [0.2, 0.25) is 0 Å². The summed E-state index contributed by atoms with van der Waals surface area (Å²) in [6.07, 6.45) is -9.10. The Balaban J connectivity index is 2.48. The molecule has 0 saturated heterocycles. The molecule has 2 atom stereocenters. The van der Waals surface area contributed by atoms with E-state index < -0.39 is 42.0 Å². The van der Waals surface area contributed by atoms with Gasteiger partial charge in [0.05, 0.1) is 6.10 Å². The fourth-order valence-corrected chi connectivity index (χ4v) is 2.40. The Labute approximate surface area is 117 Å². The molecule has 0 spiro atoms. The van der Waals surface area contributed by atoms with Crippen molar-refractivity contribution < 1.29 is 32.2 Å². The largest absolute Gasteiger partial charge is 0.435 e. The van der Waals surface area contributed by atoms with Crippen LogP contribution in [0, 0.1) is 0 Å². The van der Waals surface area contributed by atoms with Crippen LogP contribution in [-0.4, -0.2) is 32.0 Å². The summed E-state index contributed by atoms with van der Waals surface area (Å²) in [5, 5.41) is 22.1. The fourth-order valence-electron chi connectivity index (χ4n) is 2.40. The molecule has 120 valence electrons. The molecule has 1 aromatic heterocycles. The molecular weight excluding hydrogens is 299 g/mol. The summed E-state index contributed by atoms with van der Waals surface area (Å²) in [4.78, 5) is 0. The molecule has 9 heteroatoms. The first-order valence-corrected chi connectivity index (χ1v) is 6.44. The molecular formula is C12H15F5N2O2.